The number of carbonyl (C=O) groups is 2. The number of benzene rings is 1. The van der Waals surface area contributed by atoms with Crippen LogP contribution in [0.1, 0.15) is 13.8 Å². The largest absolute Gasteiger partial charge is 0.485 e. The molecule has 150 valence electrons. The number of hydrogen-bond acceptors (Lipinski definition) is 3. The molecule has 0 bridgehead atoms. The SMILES string of the molecule is CC(C)Oc1c(F)cc(NC(=O)N2C[C@@H](C(F)(F)F)[C@H](C(=O)O)C2)cc1F. The van der Waals surface area contributed by atoms with Crippen molar-refractivity contribution in [3.63, 3.8) is 0 Å². The molecule has 2 atom stereocenters. The van der Waals surface area contributed by atoms with Gasteiger partial charge < -0.3 is 20.1 Å². The molecule has 0 aliphatic carbocycles. The first-order valence-electron chi connectivity index (χ1n) is 7.91. The molecule has 1 aromatic carbocycles. The highest BCUT2D eigenvalue weighted by Crippen LogP contribution is 2.38. The molecule has 2 rings (SSSR count). The third-order valence-corrected chi connectivity index (χ3v) is 3.95. The van der Waals surface area contributed by atoms with Gasteiger partial charge in [0.05, 0.1) is 17.9 Å². The van der Waals surface area contributed by atoms with Gasteiger partial charge in [-0.15, -0.1) is 0 Å². The van der Waals surface area contributed by atoms with Crippen molar-refractivity contribution in [3.8, 4) is 5.75 Å². The molecular formula is C16H17F5N2O4. The summed E-state index contributed by atoms with van der Waals surface area (Å²) in [6.07, 6.45) is -5.31. The number of amides is 2. The van der Waals surface area contributed by atoms with E-state index in [4.69, 9.17) is 9.84 Å². The standard InChI is InChI=1S/C16H17F5N2O4/c1-7(2)27-13-11(17)3-8(4-12(13)18)22-15(26)23-5-9(14(24)25)10(6-23)16(19,20)21/h3-4,7,9-10H,5-6H2,1-2H3,(H,22,26)(H,24,25)/t9-,10-/m1/s1. The smallest absolute Gasteiger partial charge is 0.394 e. The van der Waals surface area contributed by atoms with Crippen LogP contribution in [0.25, 0.3) is 0 Å². The van der Waals surface area contributed by atoms with Crippen LogP contribution in [0.15, 0.2) is 12.1 Å². The number of nitrogens with one attached hydrogen (secondary N) is 1. The van der Waals surface area contributed by atoms with Crippen LogP contribution in [0, 0.1) is 23.5 Å². The molecule has 2 N–H and O–H groups in total. The molecule has 0 spiro atoms. The van der Waals surface area contributed by atoms with Gasteiger partial charge in [-0.05, 0) is 13.8 Å². The number of ether oxygens (including phenoxy) is 1. The second kappa shape index (κ2) is 7.57. The maximum atomic E-state index is 13.9. The highest BCUT2D eigenvalue weighted by Gasteiger charge is 2.53. The summed E-state index contributed by atoms with van der Waals surface area (Å²) in [5, 5.41) is 11.0. The molecule has 6 nitrogen and oxygen atoms in total. The number of likely N-dealkylation sites (tertiary alicyclic amines) is 1. The summed E-state index contributed by atoms with van der Waals surface area (Å²) in [4.78, 5) is 23.8. The number of alkyl halides is 3. The molecule has 1 aromatic rings. The number of carboxylic acid groups (broad SMARTS) is 1. The highest BCUT2D eigenvalue weighted by atomic mass is 19.4. The van der Waals surface area contributed by atoms with E-state index in [1.807, 2.05) is 0 Å². The van der Waals surface area contributed by atoms with Crippen LogP contribution in [0.4, 0.5) is 32.4 Å². The van der Waals surface area contributed by atoms with E-state index in [0.717, 1.165) is 12.1 Å². The van der Waals surface area contributed by atoms with Crippen molar-refractivity contribution in [1.82, 2.24) is 4.90 Å². The van der Waals surface area contributed by atoms with Gasteiger partial charge in [-0.2, -0.15) is 13.2 Å². The summed E-state index contributed by atoms with van der Waals surface area (Å²) < 4.78 is 71.7. The summed E-state index contributed by atoms with van der Waals surface area (Å²) in [6, 6.07) is 0.416. The van der Waals surface area contributed by atoms with E-state index >= 15 is 0 Å². The number of carboxylic acids is 1. The van der Waals surface area contributed by atoms with E-state index in [0.29, 0.717) is 4.90 Å². The van der Waals surface area contributed by atoms with Crippen LogP contribution in [0.2, 0.25) is 0 Å². The van der Waals surface area contributed by atoms with Gasteiger partial charge in [0.2, 0.25) is 0 Å². The van der Waals surface area contributed by atoms with E-state index in [2.05, 4.69) is 5.32 Å². The zero-order valence-corrected chi connectivity index (χ0v) is 14.3. The fourth-order valence-electron chi connectivity index (χ4n) is 2.73. The maximum absolute atomic E-state index is 13.9. The monoisotopic (exact) mass is 396 g/mol. The molecule has 11 heteroatoms. The van der Waals surface area contributed by atoms with Gasteiger partial charge in [0.15, 0.2) is 17.4 Å². The lowest BCUT2D eigenvalue weighted by Crippen LogP contribution is -2.35. The Morgan fingerprint density at radius 1 is 1.22 bits per heavy atom. The van der Waals surface area contributed by atoms with Gasteiger partial charge in [-0.25, -0.2) is 13.6 Å². The van der Waals surface area contributed by atoms with Gasteiger partial charge in [0, 0.05) is 30.9 Å². The van der Waals surface area contributed by atoms with E-state index in [1.165, 1.54) is 0 Å². The second-order valence-corrected chi connectivity index (χ2v) is 6.36. The predicted molar refractivity (Wildman–Crippen MR) is 83.4 cm³/mol. The number of urea groups is 1. The zero-order chi connectivity index (χ0) is 20.5. The van der Waals surface area contributed by atoms with Crippen molar-refractivity contribution < 1.29 is 41.4 Å². The molecule has 0 unspecified atom stereocenters. The molecule has 2 amide bonds. The lowest BCUT2D eigenvalue weighted by Gasteiger charge is -2.19. The number of hydrogen-bond donors (Lipinski definition) is 2. The molecule has 0 aromatic heterocycles. The summed E-state index contributed by atoms with van der Waals surface area (Å²) in [5.41, 5.74) is -0.339. The number of aliphatic carboxylic acids is 1. The third-order valence-electron chi connectivity index (χ3n) is 3.95. The van der Waals surface area contributed by atoms with Crippen LogP contribution >= 0.6 is 0 Å². The summed E-state index contributed by atoms with van der Waals surface area (Å²) in [5.74, 6) is -8.57. The molecule has 0 radical (unpaired) electrons. The number of nitrogens with zero attached hydrogens (tertiary/aromatic N) is 1. The molecule has 0 saturated carbocycles. The van der Waals surface area contributed by atoms with Gasteiger partial charge in [-0.3, -0.25) is 4.79 Å². The number of carbonyl (C=O) groups excluding carboxylic acids is 1. The van der Waals surface area contributed by atoms with Crippen LogP contribution in [0.5, 0.6) is 5.75 Å². The van der Waals surface area contributed by atoms with Gasteiger partial charge in [0.25, 0.3) is 0 Å². The lowest BCUT2D eigenvalue weighted by molar-refractivity contribution is -0.187. The maximum Gasteiger partial charge on any atom is 0.394 e. The Kier molecular flexibility index (Phi) is 5.81. The van der Waals surface area contributed by atoms with Gasteiger partial charge >= 0.3 is 18.2 Å². The fourth-order valence-corrected chi connectivity index (χ4v) is 2.73. The number of rotatable bonds is 4. The fraction of sp³-hybridized carbons (Fsp3) is 0.500. The van der Waals surface area contributed by atoms with Crippen LogP contribution in [-0.2, 0) is 4.79 Å². The molecular weight excluding hydrogens is 379 g/mol. The molecule has 27 heavy (non-hydrogen) atoms. The van der Waals surface area contributed by atoms with Crippen LogP contribution < -0.4 is 10.1 Å². The van der Waals surface area contributed by atoms with Crippen molar-refractivity contribution in [3.05, 3.63) is 23.8 Å². The van der Waals surface area contributed by atoms with Crippen molar-refractivity contribution in [2.75, 3.05) is 18.4 Å². The quantitative estimate of drug-likeness (QED) is 0.764. The minimum absolute atomic E-state index is 0.339. The summed E-state index contributed by atoms with van der Waals surface area (Å²) in [7, 11) is 0. The molecule has 1 heterocycles. The molecule has 1 aliphatic rings. The Balaban J connectivity index is 2.15. The van der Waals surface area contributed by atoms with Crippen LogP contribution in [0.3, 0.4) is 0 Å². The first kappa shape index (κ1) is 20.7. The van der Waals surface area contributed by atoms with E-state index in [9.17, 15) is 31.5 Å². The van der Waals surface area contributed by atoms with Crippen molar-refractivity contribution in [2.24, 2.45) is 11.8 Å². The normalized spacial score (nSPS) is 20.1. The summed E-state index contributed by atoms with van der Waals surface area (Å²) >= 11 is 0. The minimum atomic E-state index is -4.80. The average Bonchev–Trinajstić information content (AvgIpc) is 2.96. The van der Waals surface area contributed by atoms with Crippen LogP contribution in [-0.4, -0.2) is 47.4 Å². The van der Waals surface area contributed by atoms with E-state index in [1.54, 1.807) is 13.8 Å². The Morgan fingerprint density at radius 2 is 1.78 bits per heavy atom. The first-order chi connectivity index (χ1) is 12.4. The Hall–Kier alpha value is -2.59. The highest BCUT2D eigenvalue weighted by molar-refractivity contribution is 5.90. The molecule has 1 aliphatic heterocycles. The van der Waals surface area contributed by atoms with Crippen molar-refractivity contribution in [2.45, 2.75) is 26.1 Å². The summed E-state index contributed by atoms with van der Waals surface area (Å²) in [6.45, 7) is 1.56. The van der Waals surface area contributed by atoms with Gasteiger partial charge in [0.1, 0.15) is 0 Å². The van der Waals surface area contributed by atoms with E-state index in [-0.39, 0.29) is 5.69 Å². The average molecular weight is 396 g/mol. The zero-order valence-electron chi connectivity index (χ0n) is 14.3. The van der Waals surface area contributed by atoms with Crippen molar-refractivity contribution in [1.29, 1.82) is 0 Å². The Morgan fingerprint density at radius 3 is 2.19 bits per heavy atom. The van der Waals surface area contributed by atoms with Gasteiger partial charge in [-0.1, -0.05) is 0 Å². The third kappa shape index (κ3) is 4.77. The lowest BCUT2D eigenvalue weighted by atomic mass is 9.96. The van der Waals surface area contributed by atoms with E-state index < -0.39 is 66.6 Å². The minimum Gasteiger partial charge on any atom is -0.485 e. The Bertz CT molecular complexity index is 715. The Labute approximate surface area is 150 Å². The second-order valence-electron chi connectivity index (χ2n) is 6.36. The molecule has 1 fully saturated rings. The number of anilines is 1. The first-order valence-corrected chi connectivity index (χ1v) is 7.91. The topological polar surface area (TPSA) is 78.9 Å². The predicted octanol–water partition coefficient (Wildman–Crippen LogP) is 3.48. The van der Waals surface area contributed by atoms with Crippen molar-refractivity contribution >= 4 is 17.7 Å². The number of halogens is 5. The molecule has 1 saturated heterocycles.